The van der Waals surface area contributed by atoms with Crippen molar-refractivity contribution < 1.29 is 17.2 Å². The van der Waals surface area contributed by atoms with Gasteiger partial charge in [-0.15, -0.1) is 0 Å². The van der Waals surface area contributed by atoms with Crippen LogP contribution in [-0.2, 0) is 17.3 Å². The van der Waals surface area contributed by atoms with Crippen LogP contribution in [-0.4, -0.2) is 59.4 Å². The molecule has 0 spiro atoms. The predicted octanol–water partition coefficient (Wildman–Crippen LogP) is 1.36. The summed E-state index contributed by atoms with van der Waals surface area (Å²) in [5.41, 5.74) is 1.40. The Balaban J connectivity index is 1.81. The number of rotatable bonds is 5. The summed E-state index contributed by atoms with van der Waals surface area (Å²) in [6, 6.07) is -0.565. The zero-order valence-electron chi connectivity index (χ0n) is 14.0. The molecule has 8 nitrogen and oxygen atoms in total. The van der Waals surface area contributed by atoms with Gasteiger partial charge in [-0.05, 0) is 12.8 Å². The molecule has 12 heteroatoms. The van der Waals surface area contributed by atoms with Crippen LogP contribution < -0.4 is 10.0 Å². The summed E-state index contributed by atoms with van der Waals surface area (Å²) < 4.78 is 51.3. The van der Waals surface area contributed by atoms with Crippen molar-refractivity contribution in [3.05, 3.63) is 17.5 Å². The van der Waals surface area contributed by atoms with E-state index >= 15 is 0 Å². The molecule has 0 aliphatic carbocycles. The summed E-state index contributed by atoms with van der Waals surface area (Å²) in [6.45, 7) is 0.0122. The van der Waals surface area contributed by atoms with Crippen LogP contribution in [0.3, 0.4) is 0 Å². The lowest BCUT2D eigenvalue weighted by atomic mass is 10.0. The summed E-state index contributed by atoms with van der Waals surface area (Å²) >= 11 is 6.16. The third-order valence-corrected chi connectivity index (χ3v) is 5.88. The van der Waals surface area contributed by atoms with E-state index in [2.05, 4.69) is 9.97 Å². The number of hydrogen-bond donors (Lipinski definition) is 1. The van der Waals surface area contributed by atoms with E-state index in [0.29, 0.717) is 46.6 Å². The monoisotopic (exact) mass is 408 g/mol. The zero-order valence-corrected chi connectivity index (χ0v) is 15.6. The fourth-order valence-corrected chi connectivity index (χ4v) is 4.59. The lowest BCUT2D eigenvalue weighted by Crippen LogP contribution is -2.51. The first-order valence-corrected chi connectivity index (χ1v) is 9.84. The van der Waals surface area contributed by atoms with Gasteiger partial charge < -0.3 is 9.47 Å². The first kappa shape index (κ1) is 19.2. The highest BCUT2D eigenvalue weighted by Gasteiger charge is 2.33. The second kappa shape index (κ2) is 7.22. The van der Waals surface area contributed by atoms with Gasteiger partial charge in [0.05, 0.1) is 11.6 Å². The number of alkyl halides is 2. The molecule has 0 unspecified atom stereocenters. The highest BCUT2D eigenvalue weighted by atomic mass is 35.5. The smallest absolute Gasteiger partial charge is 0.277 e. The van der Waals surface area contributed by atoms with Gasteiger partial charge in [0.15, 0.2) is 5.82 Å². The van der Waals surface area contributed by atoms with Gasteiger partial charge in [0, 0.05) is 32.4 Å². The van der Waals surface area contributed by atoms with Gasteiger partial charge in [-0.25, -0.2) is 23.9 Å². The maximum absolute atomic E-state index is 12.7. The van der Waals surface area contributed by atoms with Gasteiger partial charge in [-0.3, -0.25) is 0 Å². The van der Waals surface area contributed by atoms with E-state index in [-0.39, 0.29) is 0 Å². The predicted molar refractivity (Wildman–Crippen MR) is 94.6 cm³/mol. The Morgan fingerprint density at radius 1 is 1.38 bits per heavy atom. The van der Waals surface area contributed by atoms with Crippen LogP contribution in [0.2, 0.25) is 5.02 Å². The Hall–Kier alpha value is -1.56. The molecule has 26 heavy (non-hydrogen) atoms. The Kier molecular flexibility index (Phi) is 5.33. The van der Waals surface area contributed by atoms with Crippen molar-refractivity contribution in [1.29, 1.82) is 0 Å². The number of anilines is 1. The van der Waals surface area contributed by atoms with Crippen molar-refractivity contribution in [3.63, 3.8) is 0 Å². The van der Waals surface area contributed by atoms with Gasteiger partial charge in [0.25, 0.3) is 16.6 Å². The number of aryl methyl sites for hydroxylation is 1. The van der Waals surface area contributed by atoms with E-state index in [1.807, 2.05) is 16.5 Å². The topological polar surface area (TPSA) is 97.3 Å². The van der Waals surface area contributed by atoms with E-state index < -0.39 is 29.2 Å². The molecular formula is C14H19ClF2N6O2S. The maximum Gasteiger partial charge on any atom is 0.277 e. The third kappa shape index (κ3) is 3.75. The molecular weight excluding hydrogens is 390 g/mol. The summed E-state index contributed by atoms with van der Waals surface area (Å²) in [7, 11) is -2.36. The minimum absolute atomic E-state index is 0.368. The first-order valence-electron chi connectivity index (χ1n) is 7.96. The third-order valence-electron chi connectivity index (χ3n) is 4.50. The Labute approximate surface area is 154 Å². The summed E-state index contributed by atoms with van der Waals surface area (Å²) in [6.07, 6.45) is 1.11. The lowest BCUT2D eigenvalue weighted by molar-refractivity contribution is 0.101. The van der Waals surface area contributed by atoms with Crippen LogP contribution in [0, 0.1) is 0 Å². The van der Waals surface area contributed by atoms with Crippen molar-refractivity contribution in [1.82, 2.24) is 18.8 Å². The summed E-state index contributed by atoms with van der Waals surface area (Å²) in [5.74, 6) is 0.680. The molecule has 1 aliphatic rings. The average molecular weight is 409 g/mol. The van der Waals surface area contributed by atoms with E-state index in [0.717, 1.165) is 5.52 Å². The van der Waals surface area contributed by atoms with Crippen LogP contribution in [0.25, 0.3) is 11.0 Å². The Bertz CT molecular complexity index is 898. The van der Waals surface area contributed by atoms with Gasteiger partial charge in [0.2, 0.25) is 0 Å². The molecule has 0 atom stereocenters. The molecule has 2 aromatic rings. The maximum atomic E-state index is 12.7. The Morgan fingerprint density at radius 2 is 2.04 bits per heavy atom. The minimum Gasteiger partial charge on any atom is -0.355 e. The van der Waals surface area contributed by atoms with Crippen LogP contribution >= 0.6 is 11.6 Å². The second-order valence-electron chi connectivity index (χ2n) is 6.21. The van der Waals surface area contributed by atoms with Crippen molar-refractivity contribution in [3.8, 4) is 0 Å². The molecule has 2 N–H and O–H groups in total. The van der Waals surface area contributed by atoms with Gasteiger partial charge in [0.1, 0.15) is 17.4 Å². The van der Waals surface area contributed by atoms with Crippen molar-refractivity contribution in [2.45, 2.75) is 25.3 Å². The number of hydrogen-bond acceptors (Lipinski definition) is 5. The zero-order chi connectivity index (χ0) is 19.1. The van der Waals surface area contributed by atoms with Gasteiger partial charge >= 0.3 is 0 Å². The van der Waals surface area contributed by atoms with Crippen molar-refractivity contribution in [2.75, 3.05) is 24.5 Å². The second-order valence-corrected chi connectivity index (χ2v) is 8.11. The summed E-state index contributed by atoms with van der Waals surface area (Å²) in [4.78, 5) is 10.5. The summed E-state index contributed by atoms with van der Waals surface area (Å²) in [5, 5.41) is 5.63. The fourth-order valence-electron chi connectivity index (χ4n) is 3.36. The van der Waals surface area contributed by atoms with E-state index in [1.165, 1.54) is 6.33 Å². The quantitative estimate of drug-likeness (QED) is 0.805. The number of fused-ring (bicyclic) bond motifs is 1. The van der Waals surface area contributed by atoms with Crippen LogP contribution in [0.5, 0.6) is 0 Å². The SMILES string of the molecule is Cn1cc(Cl)c2ncnc(N3CCC(N(CC(F)F)S(N)(=O)=O)CC3)c21. The molecule has 0 bridgehead atoms. The van der Waals surface area contributed by atoms with E-state index in [1.54, 1.807) is 6.20 Å². The normalized spacial score (nSPS) is 17.0. The molecule has 3 rings (SSSR count). The molecule has 0 aromatic carbocycles. The largest absolute Gasteiger partial charge is 0.355 e. The highest BCUT2D eigenvalue weighted by Crippen LogP contribution is 2.31. The van der Waals surface area contributed by atoms with Crippen LogP contribution in [0.1, 0.15) is 12.8 Å². The lowest BCUT2D eigenvalue weighted by Gasteiger charge is -2.37. The first-order chi connectivity index (χ1) is 12.2. The standard InChI is InChI=1S/C14H19ClF2N6O2S/c1-21-6-10(15)12-13(21)14(20-8-19-12)22-4-2-9(3-5-22)23(7-11(16)17)26(18,24)25/h6,8-9,11H,2-5,7H2,1H3,(H2,18,24,25). The number of nitrogens with zero attached hydrogens (tertiary/aromatic N) is 5. The number of halogens is 3. The molecule has 0 radical (unpaired) electrons. The van der Waals surface area contributed by atoms with Gasteiger partial charge in [-0.1, -0.05) is 11.6 Å². The highest BCUT2D eigenvalue weighted by molar-refractivity contribution is 7.86. The average Bonchev–Trinajstić information content (AvgIpc) is 2.86. The fraction of sp³-hybridized carbons (Fsp3) is 0.571. The molecule has 3 heterocycles. The number of aromatic nitrogens is 3. The molecule has 1 aliphatic heterocycles. The molecule has 1 fully saturated rings. The molecule has 144 valence electrons. The van der Waals surface area contributed by atoms with Gasteiger partial charge in [-0.2, -0.15) is 12.7 Å². The molecule has 0 saturated carbocycles. The Morgan fingerprint density at radius 3 is 2.62 bits per heavy atom. The van der Waals surface area contributed by atoms with Crippen LogP contribution in [0.4, 0.5) is 14.6 Å². The van der Waals surface area contributed by atoms with E-state index in [9.17, 15) is 17.2 Å². The molecule has 2 aromatic heterocycles. The minimum atomic E-state index is -4.19. The van der Waals surface area contributed by atoms with Crippen molar-refractivity contribution in [2.24, 2.45) is 12.2 Å². The number of piperidine rings is 1. The number of nitrogens with two attached hydrogens (primary N) is 1. The molecule has 0 amide bonds. The van der Waals surface area contributed by atoms with E-state index in [4.69, 9.17) is 16.7 Å². The van der Waals surface area contributed by atoms with Crippen molar-refractivity contribution >= 4 is 38.7 Å². The molecule has 1 saturated heterocycles. The van der Waals surface area contributed by atoms with Crippen LogP contribution in [0.15, 0.2) is 12.5 Å².